The SMILES string of the molecule is CC(=O)Nc1ccc(-c2ccnc(Nc3ccc(N4CCN(S(=O)(=O)c5ccc(C(C)(C)C)cc5)CC4)cc3)n2)cc1. The largest absolute Gasteiger partial charge is 0.369 e. The van der Waals surface area contributed by atoms with E-state index in [9.17, 15) is 13.2 Å². The summed E-state index contributed by atoms with van der Waals surface area (Å²) < 4.78 is 28.1. The van der Waals surface area contributed by atoms with E-state index in [4.69, 9.17) is 0 Å². The van der Waals surface area contributed by atoms with Crippen LogP contribution in [0, 0.1) is 0 Å². The topological polar surface area (TPSA) is 108 Å². The average Bonchev–Trinajstić information content (AvgIpc) is 2.97. The lowest BCUT2D eigenvalue weighted by molar-refractivity contribution is -0.114. The van der Waals surface area contributed by atoms with E-state index in [1.54, 1.807) is 22.6 Å². The van der Waals surface area contributed by atoms with Crippen LogP contribution in [0.3, 0.4) is 0 Å². The molecule has 218 valence electrons. The van der Waals surface area contributed by atoms with Crippen molar-refractivity contribution < 1.29 is 13.2 Å². The van der Waals surface area contributed by atoms with E-state index in [-0.39, 0.29) is 11.3 Å². The smallest absolute Gasteiger partial charge is 0.243 e. The van der Waals surface area contributed by atoms with Crippen LogP contribution in [0.5, 0.6) is 0 Å². The molecule has 5 rings (SSSR count). The summed E-state index contributed by atoms with van der Waals surface area (Å²) in [5.41, 5.74) is 5.35. The third kappa shape index (κ3) is 6.78. The highest BCUT2D eigenvalue weighted by molar-refractivity contribution is 7.89. The van der Waals surface area contributed by atoms with E-state index in [1.807, 2.05) is 66.7 Å². The van der Waals surface area contributed by atoms with Crippen molar-refractivity contribution >= 4 is 38.9 Å². The normalized spacial score (nSPS) is 14.4. The summed E-state index contributed by atoms with van der Waals surface area (Å²) in [7, 11) is -3.54. The van der Waals surface area contributed by atoms with E-state index in [1.165, 1.54) is 6.92 Å². The molecule has 0 unspecified atom stereocenters. The van der Waals surface area contributed by atoms with E-state index >= 15 is 0 Å². The Morgan fingerprint density at radius 2 is 1.43 bits per heavy atom. The molecule has 0 saturated carbocycles. The van der Waals surface area contributed by atoms with Gasteiger partial charge in [-0.25, -0.2) is 18.4 Å². The van der Waals surface area contributed by atoms with Gasteiger partial charge in [0.25, 0.3) is 0 Å². The molecular formula is C32H36N6O3S. The van der Waals surface area contributed by atoms with Gasteiger partial charge in [-0.3, -0.25) is 4.79 Å². The van der Waals surface area contributed by atoms with Crippen molar-refractivity contribution in [2.75, 3.05) is 41.7 Å². The number of nitrogens with one attached hydrogen (secondary N) is 2. The molecule has 1 aliphatic rings. The molecule has 10 heteroatoms. The van der Waals surface area contributed by atoms with Gasteiger partial charge in [0.05, 0.1) is 10.6 Å². The average molecular weight is 585 g/mol. The molecule has 1 saturated heterocycles. The zero-order valence-electron chi connectivity index (χ0n) is 24.3. The molecule has 0 bridgehead atoms. The molecule has 2 heterocycles. The van der Waals surface area contributed by atoms with Gasteiger partial charge in [0.2, 0.25) is 21.9 Å². The van der Waals surface area contributed by atoms with Gasteiger partial charge in [-0.2, -0.15) is 4.31 Å². The maximum atomic E-state index is 13.2. The van der Waals surface area contributed by atoms with Gasteiger partial charge in [0.15, 0.2) is 0 Å². The summed E-state index contributed by atoms with van der Waals surface area (Å²) in [5, 5.41) is 6.01. The van der Waals surface area contributed by atoms with Crippen molar-refractivity contribution in [1.29, 1.82) is 0 Å². The summed E-state index contributed by atoms with van der Waals surface area (Å²) in [6.45, 7) is 9.89. The van der Waals surface area contributed by atoms with Crippen molar-refractivity contribution in [2.24, 2.45) is 0 Å². The number of benzene rings is 3. The lowest BCUT2D eigenvalue weighted by Crippen LogP contribution is -2.48. The minimum atomic E-state index is -3.54. The Morgan fingerprint density at radius 1 is 0.810 bits per heavy atom. The van der Waals surface area contributed by atoms with E-state index in [0.717, 1.165) is 33.9 Å². The quantitative estimate of drug-likeness (QED) is 0.289. The first-order valence-electron chi connectivity index (χ1n) is 13.9. The Bertz CT molecular complexity index is 1640. The molecule has 2 N–H and O–H groups in total. The zero-order valence-corrected chi connectivity index (χ0v) is 25.1. The predicted molar refractivity (Wildman–Crippen MR) is 168 cm³/mol. The highest BCUT2D eigenvalue weighted by Gasteiger charge is 2.29. The maximum Gasteiger partial charge on any atom is 0.243 e. The van der Waals surface area contributed by atoms with E-state index in [0.29, 0.717) is 37.0 Å². The molecule has 0 atom stereocenters. The van der Waals surface area contributed by atoms with Crippen LogP contribution in [0.15, 0.2) is 90.0 Å². The number of rotatable bonds is 7. The lowest BCUT2D eigenvalue weighted by atomic mass is 9.87. The van der Waals surface area contributed by atoms with Crippen molar-refractivity contribution in [1.82, 2.24) is 14.3 Å². The molecule has 42 heavy (non-hydrogen) atoms. The number of amides is 1. The summed E-state index contributed by atoms with van der Waals surface area (Å²) >= 11 is 0. The molecule has 1 amide bonds. The second-order valence-corrected chi connectivity index (χ2v) is 13.3. The third-order valence-corrected chi connectivity index (χ3v) is 9.15. The van der Waals surface area contributed by atoms with Gasteiger partial charge in [-0.1, -0.05) is 45.0 Å². The fourth-order valence-electron chi connectivity index (χ4n) is 4.85. The Morgan fingerprint density at radius 3 is 2.02 bits per heavy atom. The van der Waals surface area contributed by atoms with Crippen LogP contribution in [0.25, 0.3) is 11.3 Å². The second-order valence-electron chi connectivity index (χ2n) is 11.4. The first-order valence-corrected chi connectivity index (χ1v) is 15.4. The van der Waals surface area contributed by atoms with Crippen LogP contribution in [0.4, 0.5) is 23.0 Å². The molecular weight excluding hydrogens is 548 g/mol. The number of carbonyl (C=O) groups excluding carboxylic acids is 1. The number of sulfonamides is 1. The van der Waals surface area contributed by atoms with E-state index in [2.05, 4.69) is 46.3 Å². The minimum absolute atomic E-state index is 0.0285. The summed E-state index contributed by atoms with van der Waals surface area (Å²) in [6, 6.07) is 24.5. The molecule has 0 radical (unpaired) electrons. The van der Waals surface area contributed by atoms with Crippen molar-refractivity contribution in [3.05, 3.63) is 90.6 Å². The Hall–Kier alpha value is -4.28. The van der Waals surface area contributed by atoms with Crippen LogP contribution in [-0.4, -0.2) is 54.8 Å². The fourth-order valence-corrected chi connectivity index (χ4v) is 6.28. The third-order valence-electron chi connectivity index (χ3n) is 7.24. The molecule has 0 aliphatic carbocycles. The molecule has 1 fully saturated rings. The number of hydrogen-bond acceptors (Lipinski definition) is 7. The van der Waals surface area contributed by atoms with Crippen LogP contribution in [-0.2, 0) is 20.2 Å². The van der Waals surface area contributed by atoms with Gasteiger partial charge >= 0.3 is 0 Å². The molecule has 9 nitrogen and oxygen atoms in total. The number of carbonyl (C=O) groups is 1. The first-order chi connectivity index (χ1) is 20.0. The zero-order chi connectivity index (χ0) is 29.9. The summed E-state index contributed by atoms with van der Waals surface area (Å²) in [6.07, 6.45) is 1.70. The maximum absolute atomic E-state index is 13.2. The molecule has 1 aliphatic heterocycles. The Labute approximate surface area is 247 Å². The number of nitrogens with zero attached hydrogens (tertiary/aromatic N) is 4. The lowest BCUT2D eigenvalue weighted by Gasteiger charge is -2.35. The van der Waals surface area contributed by atoms with Crippen molar-refractivity contribution in [2.45, 2.75) is 38.0 Å². The van der Waals surface area contributed by atoms with Crippen LogP contribution >= 0.6 is 0 Å². The molecule has 3 aromatic carbocycles. The number of aromatic nitrogens is 2. The van der Waals surface area contributed by atoms with E-state index < -0.39 is 10.0 Å². The van der Waals surface area contributed by atoms with Crippen LogP contribution < -0.4 is 15.5 Å². The van der Waals surface area contributed by atoms with Crippen molar-refractivity contribution in [3.63, 3.8) is 0 Å². The monoisotopic (exact) mass is 584 g/mol. The minimum Gasteiger partial charge on any atom is -0.369 e. The second kappa shape index (κ2) is 11.9. The van der Waals surface area contributed by atoms with Gasteiger partial charge in [-0.15, -0.1) is 0 Å². The standard InChI is InChI=1S/C32H36N6O3S/c1-23(39)34-26-9-5-24(6-10-26)30-17-18-33-31(36-30)35-27-11-13-28(14-12-27)37-19-21-38(22-20-37)42(40,41)29-15-7-25(8-16-29)32(2,3)4/h5-18H,19-22H2,1-4H3,(H,34,39)(H,33,35,36). The van der Waals surface area contributed by atoms with Gasteiger partial charge < -0.3 is 15.5 Å². The van der Waals surface area contributed by atoms with Crippen molar-refractivity contribution in [3.8, 4) is 11.3 Å². The Kier molecular flexibility index (Phi) is 8.29. The predicted octanol–water partition coefficient (Wildman–Crippen LogP) is 5.65. The molecule has 1 aromatic heterocycles. The fraction of sp³-hybridized carbons (Fsp3) is 0.281. The summed E-state index contributed by atoms with van der Waals surface area (Å²) in [4.78, 5) is 22.8. The van der Waals surface area contributed by atoms with Gasteiger partial charge in [-0.05, 0) is 65.6 Å². The van der Waals surface area contributed by atoms with Crippen LogP contribution in [0.1, 0.15) is 33.3 Å². The number of hydrogen-bond donors (Lipinski definition) is 2. The number of piperazine rings is 1. The highest BCUT2D eigenvalue weighted by Crippen LogP contribution is 2.27. The molecule has 0 spiro atoms. The molecule has 4 aromatic rings. The Balaban J connectivity index is 1.19. The van der Waals surface area contributed by atoms with Gasteiger partial charge in [0.1, 0.15) is 0 Å². The van der Waals surface area contributed by atoms with Gasteiger partial charge in [0, 0.05) is 61.9 Å². The summed E-state index contributed by atoms with van der Waals surface area (Å²) in [5.74, 6) is 0.357. The van der Waals surface area contributed by atoms with Crippen LogP contribution in [0.2, 0.25) is 0 Å². The first kappa shape index (κ1) is 29.2. The number of anilines is 4. The highest BCUT2D eigenvalue weighted by atomic mass is 32.2.